The standard InChI is InChI=1S/C14H21N3O3/c1-10-13(14(19)16-5-2-12(18)9-16)8-15-17(10)11-3-6-20-7-4-11/h8,11-12,18H,2-7,9H2,1H3/t12-/m1/s1. The molecule has 2 aliphatic rings. The summed E-state index contributed by atoms with van der Waals surface area (Å²) < 4.78 is 7.32. The van der Waals surface area contributed by atoms with Gasteiger partial charge < -0.3 is 14.7 Å². The zero-order valence-electron chi connectivity index (χ0n) is 11.8. The van der Waals surface area contributed by atoms with Crippen molar-refractivity contribution in [3.8, 4) is 0 Å². The predicted octanol–water partition coefficient (Wildman–Crippen LogP) is 0.750. The van der Waals surface area contributed by atoms with Crippen molar-refractivity contribution in [3.63, 3.8) is 0 Å². The first-order chi connectivity index (χ1) is 9.66. The number of aromatic nitrogens is 2. The molecule has 3 heterocycles. The Morgan fingerprint density at radius 2 is 2.15 bits per heavy atom. The van der Waals surface area contributed by atoms with Gasteiger partial charge in [-0.2, -0.15) is 5.10 Å². The smallest absolute Gasteiger partial charge is 0.257 e. The number of amides is 1. The minimum absolute atomic E-state index is 0.0163. The second-order valence-electron chi connectivity index (χ2n) is 5.63. The molecule has 0 unspecified atom stereocenters. The lowest BCUT2D eigenvalue weighted by atomic mass is 10.1. The zero-order valence-corrected chi connectivity index (χ0v) is 11.8. The molecule has 6 heteroatoms. The quantitative estimate of drug-likeness (QED) is 0.867. The molecule has 2 saturated heterocycles. The molecule has 2 fully saturated rings. The van der Waals surface area contributed by atoms with E-state index in [0.29, 0.717) is 31.1 Å². The van der Waals surface area contributed by atoms with Crippen LogP contribution in [-0.2, 0) is 4.74 Å². The van der Waals surface area contributed by atoms with Gasteiger partial charge in [-0.15, -0.1) is 0 Å². The van der Waals surface area contributed by atoms with Gasteiger partial charge in [0.05, 0.1) is 23.9 Å². The number of carbonyl (C=O) groups excluding carboxylic acids is 1. The summed E-state index contributed by atoms with van der Waals surface area (Å²) in [7, 11) is 0. The summed E-state index contributed by atoms with van der Waals surface area (Å²) in [5.74, 6) is -0.0163. The molecule has 1 N–H and O–H groups in total. The molecule has 0 bridgehead atoms. The average Bonchev–Trinajstić information content (AvgIpc) is 3.05. The lowest BCUT2D eigenvalue weighted by Gasteiger charge is -2.24. The molecule has 0 aliphatic carbocycles. The normalized spacial score (nSPS) is 24.3. The molecule has 6 nitrogen and oxygen atoms in total. The van der Waals surface area contributed by atoms with E-state index in [9.17, 15) is 9.90 Å². The van der Waals surface area contributed by atoms with Crippen LogP contribution in [0.15, 0.2) is 6.20 Å². The Balaban J connectivity index is 1.77. The summed E-state index contributed by atoms with van der Waals surface area (Å²) in [6.45, 7) is 4.52. The summed E-state index contributed by atoms with van der Waals surface area (Å²) in [6, 6.07) is 0.328. The van der Waals surface area contributed by atoms with Gasteiger partial charge in [-0.25, -0.2) is 0 Å². The second kappa shape index (κ2) is 5.54. The molecule has 3 rings (SSSR count). The zero-order chi connectivity index (χ0) is 14.1. The molecule has 1 atom stereocenters. The predicted molar refractivity (Wildman–Crippen MR) is 72.6 cm³/mol. The van der Waals surface area contributed by atoms with Gasteiger partial charge in [-0.05, 0) is 26.2 Å². The van der Waals surface area contributed by atoms with Crippen LogP contribution in [0.25, 0.3) is 0 Å². The molecule has 110 valence electrons. The number of aliphatic hydroxyl groups excluding tert-OH is 1. The van der Waals surface area contributed by atoms with E-state index in [1.807, 2.05) is 11.6 Å². The highest BCUT2D eigenvalue weighted by Gasteiger charge is 2.28. The fraction of sp³-hybridized carbons (Fsp3) is 0.714. The van der Waals surface area contributed by atoms with Crippen molar-refractivity contribution in [2.45, 2.75) is 38.3 Å². The first-order valence-electron chi connectivity index (χ1n) is 7.26. The third kappa shape index (κ3) is 2.45. The fourth-order valence-electron chi connectivity index (χ4n) is 3.03. The van der Waals surface area contributed by atoms with E-state index in [-0.39, 0.29) is 12.0 Å². The van der Waals surface area contributed by atoms with E-state index in [2.05, 4.69) is 5.10 Å². The van der Waals surface area contributed by atoms with Crippen molar-refractivity contribution in [3.05, 3.63) is 17.5 Å². The maximum Gasteiger partial charge on any atom is 0.257 e. The van der Waals surface area contributed by atoms with Crippen LogP contribution in [0.4, 0.5) is 0 Å². The Hall–Kier alpha value is -1.40. The van der Waals surface area contributed by atoms with Crippen LogP contribution < -0.4 is 0 Å². The summed E-state index contributed by atoms with van der Waals surface area (Å²) >= 11 is 0. The van der Waals surface area contributed by atoms with Crippen LogP contribution >= 0.6 is 0 Å². The number of rotatable bonds is 2. The molecule has 0 aromatic carbocycles. The highest BCUT2D eigenvalue weighted by atomic mass is 16.5. The van der Waals surface area contributed by atoms with Gasteiger partial charge in [0.15, 0.2) is 0 Å². The maximum atomic E-state index is 12.4. The van der Waals surface area contributed by atoms with Gasteiger partial charge in [0.2, 0.25) is 0 Å². The highest BCUT2D eigenvalue weighted by Crippen LogP contribution is 2.24. The van der Waals surface area contributed by atoms with Crippen molar-refractivity contribution in [2.24, 2.45) is 0 Å². The van der Waals surface area contributed by atoms with E-state index >= 15 is 0 Å². The summed E-state index contributed by atoms with van der Waals surface area (Å²) in [4.78, 5) is 14.2. The number of hydrogen-bond donors (Lipinski definition) is 1. The topological polar surface area (TPSA) is 67.6 Å². The molecule has 1 aromatic rings. The van der Waals surface area contributed by atoms with Gasteiger partial charge >= 0.3 is 0 Å². The molecule has 0 saturated carbocycles. The van der Waals surface area contributed by atoms with Gasteiger partial charge in [-0.1, -0.05) is 0 Å². The van der Waals surface area contributed by atoms with Crippen LogP contribution in [0.2, 0.25) is 0 Å². The Bertz CT molecular complexity index is 494. The minimum Gasteiger partial charge on any atom is -0.391 e. The molecule has 1 aromatic heterocycles. The number of carbonyl (C=O) groups is 1. The van der Waals surface area contributed by atoms with Crippen molar-refractivity contribution in [1.29, 1.82) is 0 Å². The van der Waals surface area contributed by atoms with Crippen molar-refractivity contribution in [2.75, 3.05) is 26.3 Å². The van der Waals surface area contributed by atoms with Crippen molar-refractivity contribution >= 4 is 5.91 Å². The SMILES string of the molecule is Cc1c(C(=O)N2CC[C@@H](O)C2)cnn1C1CCOCC1. The van der Waals surface area contributed by atoms with Crippen LogP contribution in [-0.4, -0.2) is 58.1 Å². The largest absolute Gasteiger partial charge is 0.391 e. The molecule has 0 spiro atoms. The molecule has 1 amide bonds. The first kappa shape index (κ1) is 13.6. The number of nitrogens with zero attached hydrogens (tertiary/aromatic N) is 3. The molecular weight excluding hydrogens is 258 g/mol. The van der Waals surface area contributed by atoms with E-state index < -0.39 is 0 Å². The molecule has 20 heavy (non-hydrogen) atoms. The third-order valence-electron chi connectivity index (χ3n) is 4.26. The molecule has 0 radical (unpaired) electrons. The van der Waals surface area contributed by atoms with E-state index in [0.717, 1.165) is 31.7 Å². The first-order valence-corrected chi connectivity index (χ1v) is 7.26. The third-order valence-corrected chi connectivity index (χ3v) is 4.26. The average molecular weight is 279 g/mol. The minimum atomic E-state index is -0.384. The number of β-amino-alcohol motifs (C(OH)–C–C–N with tert-alkyl or cyclic N) is 1. The van der Waals surface area contributed by atoms with Crippen molar-refractivity contribution in [1.82, 2.24) is 14.7 Å². The van der Waals surface area contributed by atoms with Crippen LogP contribution in [0, 0.1) is 6.92 Å². The van der Waals surface area contributed by atoms with E-state index in [4.69, 9.17) is 4.74 Å². The Kier molecular flexibility index (Phi) is 3.76. The number of aliphatic hydroxyl groups is 1. The van der Waals surface area contributed by atoms with Gasteiger partial charge in [0.1, 0.15) is 0 Å². The Labute approximate surface area is 118 Å². The summed E-state index contributed by atoms with van der Waals surface area (Å²) in [5, 5.41) is 13.9. The van der Waals surface area contributed by atoms with Crippen LogP contribution in [0.3, 0.4) is 0 Å². The van der Waals surface area contributed by atoms with Crippen LogP contribution in [0.5, 0.6) is 0 Å². The highest BCUT2D eigenvalue weighted by molar-refractivity contribution is 5.95. The Morgan fingerprint density at radius 3 is 2.80 bits per heavy atom. The lowest BCUT2D eigenvalue weighted by Crippen LogP contribution is -2.30. The number of ether oxygens (including phenoxy) is 1. The van der Waals surface area contributed by atoms with Gasteiger partial charge in [0.25, 0.3) is 5.91 Å². The number of hydrogen-bond acceptors (Lipinski definition) is 4. The second-order valence-corrected chi connectivity index (χ2v) is 5.63. The van der Waals surface area contributed by atoms with E-state index in [1.54, 1.807) is 11.1 Å². The number of likely N-dealkylation sites (tertiary alicyclic amines) is 1. The molecular formula is C14H21N3O3. The van der Waals surface area contributed by atoms with Gasteiger partial charge in [-0.3, -0.25) is 9.48 Å². The lowest BCUT2D eigenvalue weighted by molar-refractivity contribution is 0.0655. The Morgan fingerprint density at radius 1 is 1.40 bits per heavy atom. The van der Waals surface area contributed by atoms with Crippen molar-refractivity contribution < 1.29 is 14.6 Å². The monoisotopic (exact) mass is 279 g/mol. The molecule has 2 aliphatic heterocycles. The van der Waals surface area contributed by atoms with Crippen LogP contribution in [0.1, 0.15) is 41.4 Å². The maximum absolute atomic E-state index is 12.4. The summed E-state index contributed by atoms with van der Waals surface area (Å²) in [5.41, 5.74) is 1.58. The summed E-state index contributed by atoms with van der Waals surface area (Å²) in [6.07, 6.45) is 3.83. The van der Waals surface area contributed by atoms with Gasteiger partial charge in [0, 0.05) is 32.0 Å². The fourth-order valence-corrected chi connectivity index (χ4v) is 3.03. The van der Waals surface area contributed by atoms with E-state index in [1.165, 1.54) is 0 Å².